The third kappa shape index (κ3) is 4.36. The van der Waals surface area contributed by atoms with Gasteiger partial charge in [-0.3, -0.25) is 9.78 Å². The molecule has 2 aromatic heterocycles. The number of aryl methyl sites for hydroxylation is 1. The molecule has 0 aliphatic heterocycles. The fraction of sp³-hybridized carbons (Fsp3) is 0.438. The molecule has 0 aliphatic carbocycles. The Labute approximate surface area is 129 Å². The predicted octanol–water partition coefficient (Wildman–Crippen LogP) is 3.68. The van der Waals surface area contributed by atoms with Crippen LogP contribution in [0.3, 0.4) is 0 Å². The van der Waals surface area contributed by atoms with Crippen LogP contribution in [0, 0.1) is 12.8 Å². The highest BCUT2D eigenvalue weighted by Crippen LogP contribution is 2.26. The molecule has 4 nitrogen and oxygen atoms in total. The summed E-state index contributed by atoms with van der Waals surface area (Å²) in [4.78, 5) is 21.6. The molecule has 0 saturated carbocycles. The highest BCUT2D eigenvalue weighted by molar-refractivity contribution is 7.17. The van der Waals surface area contributed by atoms with Crippen molar-refractivity contribution in [2.45, 2.75) is 33.6 Å². The van der Waals surface area contributed by atoms with Gasteiger partial charge in [0, 0.05) is 12.7 Å². The van der Waals surface area contributed by atoms with Crippen LogP contribution in [-0.2, 0) is 0 Å². The molecule has 0 saturated heterocycles. The number of thiazole rings is 1. The van der Waals surface area contributed by atoms with Crippen LogP contribution in [0.5, 0.6) is 0 Å². The van der Waals surface area contributed by atoms with Crippen molar-refractivity contribution in [1.82, 2.24) is 15.3 Å². The summed E-state index contributed by atoms with van der Waals surface area (Å²) in [6.07, 6.45) is 3.87. The summed E-state index contributed by atoms with van der Waals surface area (Å²) in [6, 6.07) is 5.69. The van der Waals surface area contributed by atoms with Crippen molar-refractivity contribution in [1.29, 1.82) is 0 Å². The Morgan fingerprint density at radius 2 is 2.19 bits per heavy atom. The van der Waals surface area contributed by atoms with E-state index in [0.29, 0.717) is 17.3 Å². The van der Waals surface area contributed by atoms with Crippen LogP contribution in [0.4, 0.5) is 0 Å². The van der Waals surface area contributed by atoms with Crippen molar-refractivity contribution >= 4 is 17.2 Å². The lowest BCUT2D eigenvalue weighted by molar-refractivity contribution is 0.0956. The number of hydrogen-bond donors (Lipinski definition) is 1. The Morgan fingerprint density at radius 3 is 2.86 bits per heavy atom. The molecule has 0 bridgehead atoms. The molecule has 5 heteroatoms. The molecule has 2 heterocycles. The first kappa shape index (κ1) is 15.6. The molecule has 0 unspecified atom stereocenters. The van der Waals surface area contributed by atoms with Gasteiger partial charge in [0.25, 0.3) is 5.91 Å². The lowest BCUT2D eigenvalue weighted by Crippen LogP contribution is -2.24. The largest absolute Gasteiger partial charge is 0.351 e. The number of pyridine rings is 1. The van der Waals surface area contributed by atoms with Crippen LogP contribution < -0.4 is 5.32 Å². The van der Waals surface area contributed by atoms with E-state index in [1.807, 2.05) is 25.1 Å². The quantitative estimate of drug-likeness (QED) is 0.828. The summed E-state index contributed by atoms with van der Waals surface area (Å²) >= 11 is 1.40. The van der Waals surface area contributed by atoms with Gasteiger partial charge in [-0.1, -0.05) is 19.9 Å². The molecule has 2 rings (SSSR count). The van der Waals surface area contributed by atoms with Gasteiger partial charge < -0.3 is 5.32 Å². The second kappa shape index (κ2) is 7.31. The molecule has 0 fully saturated rings. The van der Waals surface area contributed by atoms with Gasteiger partial charge in [0.2, 0.25) is 0 Å². The van der Waals surface area contributed by atoms with E-state index in [1.165, 1.54) is 11.3 Å². The van der Waals surface area contributed by atoms with Crippen molar-refractivity contribution in [2.75, 3.05) is 6.54 Å². The molecule has 2 aromatic rings. The zero-order chi connectivity index (χ0) is 15.2. The summed E-state index contributed by atoms with van der Waals surface area (Å²) in [7, 11) is 0. The van der Waals surface area contributed by atoms with Crippen LogP contribution in [0.2, 0.25) is 0 Å². The smallest absolute Gasteiger partial charge is 0.263 e. The minimum Gasteiger partial charge on any atom is -0.351 e. The minimum absolute atomic E-state index is 0.0315. The van der Waals surface area contributed by atoms with E-state index >= 15 is 0 Å². The molecule has 1 N–H and O–H groups in total. The first-order valence-electron chi connectivity index (χ1n) is 7.25. The first-order chi connectivity index (χ1) is 10.1. The van der Waals surface area contributed by atoms with E-state index in [4.69, 9.17) is 0 Å². The third-order valence-electron chi connectivity index (χ3n) is 3.13. The fourth-order valence-electron chi connectivity index (χ4n) is 2.00. The van der Waals surface area contributed by atoms with Crippen molar-refractivity contribution in [3.8, 4) is 10.7 Å². The van der Waals surface area contributed by atoms with E-state index < -0.39 is 0 Å². The molecule has 21 heavy (non-hydrogen) atoms. The van der Waals surface area contributed by atoms with Crippen molar-refractivity contribution in [2.24, 2.45) is 5.92 Å². The van der Waals surface area contributed by atoms with Crippen molar-refractivity contribution < 1.29 is 4.79 Å². The number of amides is 1. The summed E-state index contributed by atoms with van der Waals surface area (Å²) in [5.41, 5.74) is 1.58. The Hall–Kier alpha value is -1.75. The lowest BCUT2D eigenvalue weighted by Gasteiger charge is -2.05. The number of rotatable bonds is 6. The van der Waals surface area contributed by atoms with E-state index in [0.717, 1.165) is 29.2 Å². The summed E-state index contributed by atoms with van der Waals surface area (Å²) in [5, 5.41) is 3.76. The molecule has 0 atom stereocenters. The highest BCUT2D eigenvalue weighted by Gasteiger charge is 2.16. The van der Waals surface area contributed by atoms with Gasteiger partial charge >= 0.3 is 0 Å². The first-order valence-corrected chi connectivity index (χ1v) is 8.06. The SMILES string of the molecule is Cc1nc(-c2ccccn2)sc1C(=O)NCCCC(C)C. The van der Waals surface area contributed by atoms with Gasteiger partial charge in [-0.25, -0.2) is 4.98 Å². The van der Waals surface area contributed by atoms with Crippen LogP contribution >= 0.6 is 11.3 Å². The van der Waals surface area contributed by atoms with Gasteiger partial charge in [0.15, 0.2) is 0 Å². The number of nitrogens with one attached hydrogen (secondary N) is 1. The van der Waals surface area contributed by atoms with E-state index in [-0.39, 0.29) is 5.91 Å². The average molecular weight is 303 g/mol. The van der Waals surface area contributed by atoms with Gasteiger partial charge in [-0.05, 0) is 37.8 Å². The average Bonchev–Trinajstić information content (AvgIpc) is 2.86. The maximum atomic E-state index is 12.2. The molecule has 0 aromatic carbocycles. The molecule has 0 aliphatic rings. The van der Waals surface area contributed by atoms with Crippen molar-refractivity contribution in [3.63, 3.8) is 0 Å². The van der Waals surface area contributed by atoms with Gasteiger partial charge in [0.05, 0.1) is 11.4 Å². The van der Waals surface area contributed by atoms with Crippen LogP contribution in [0.1, 0.15) is 42.1 Å². The molecule has 1 amide bonds. The number of carbonyl (C=O) groups is 1. The number of nitrogens with zero attached hydrogens (tertiary/aromatic N) is 2. The monoisotopic (exact) mass is 303 g/mol. The topological polar surface area (TPSA) is 54.9 Å². The Morgan fingerprint density at radius 1 is 1.38 bits per heavy atom. The van der Waals surface area contributed by atoms with Crippen LogP contribution in [0.25, 0.3) is 10.7 Å². The Balaban J connectivity index is 2.00. The lowest BCUT2D eigenvalue weighted by atomic mass is 10.1. The maximum absolute atomic E-state index is 12.2. The maximum Gasteiger partial charge on any atom is 0.263 e. The van der Waals surface area contributed by atoms with Crippen molar-refractivity contribution in [3.05, 3.63) is 35.0 Å². The second-order valence-electron chi connectivity index (χ2n) is 5.44. The normalized spacial score (nSPS) is 10.9. The molecular formula is C16H21N3OS. The van der Waals surface area contributed by atoms with Crippen LogP contribution in [0.15, 0.2) is 24.4 Å². The fourth-order valence-corrected chi connectivity index (χ4v) is 2.96. The second-order valence-corrected chi connectivity index (χ2v) is 6.44. The van der Waals surface area contributed by atoms with E-state index in [1.54, 1.807) is 6.20 Å². The molecular weight excluding hydrogens is 282 g/mol. The zero-order valence-corrected chi connectivity index (χ0v) is 13.5. The molecule has 112 valence electrons. The molecule has 0 radical (unpaired) electrons. The number of hydrogen-bond acceptors (Lipinski definition) is 4. The Kier molecular flexibility index (Phi) is 5.44. The van der Waals surface area contributed by atoms with Gasteiger partial charge in [0.1, 0.15) is 9.88 Å². The van der Waals surface area contributed by atoms with E-state index in [9.17, 15) is 4.79 Å². The van der Waals surface area contributed by atoms with Crippen LogP contribution in [-0.4, -0.2) is 22.4 Å². The van der Waals surface area contributed by atoms with Gasteiger partial charge in [-0.2, -0.15) is 0 Å². The summed E-state index contributed by atoms with van der Waals surface area (Å²) < 4.78 is 0. The zero-order valence-electron chi connectivity index (χ0n) is 12.7. The Bertz CT molecular complexity index is 593. The van der Waals surface area contributed by atoms with Gasteiger partial charge in [-0.15, -0.1) is 11.3 Å². The summed E-state index contributed by atoms with van der Waals surface area (Å²) in [5.74, 6) is 0.638. The number of carbonyl (C=O) groups excluding carboxylic acids is 1. The minimum atomic E-state index is -0.0315. The molecule has 0 spiro atoms. The highest BCUT2D eigenvalue weighted by atomic mass is 32.1. The summed E-state index contributed by atoms with van der Waals surface area (Å²) in [6.45, 7) is 6.96. The standard InChI is InChI=1S/C16H21N3OS/c1-11(2)7-6-10-18-15(20)14-12(3)19-16(21-14)13-8-4-5-9-17-13/h4-5,8-9,11H,6-7,10H2,1-3H3,(H,18,20). The number of aromatic nitrogens is 2. The van der Waals surface area contributed by atoms with E-state index in [2.05, 4.69) is 29.1 Å². The third-order valence-corrected chi connectivity index (χ3v) is 4.31. The predicted molar refractivity (Wildman–Crippen MR) is 86.5 cm³/mol.